The molecule has 0 saturated carbocycles. The lowest BCUT2D eigenvalue weighted by Crippen LogP contribution is -2.15. The first kappa shape index (κ1) is 12.8. The normalized spacial score (nSPS) is 10.3. The summed E-state index contributed by atoms with van der Waals surface area (Å²) in [7, 11) is 1.65. The molecule has 3 nitrogen and oxygen atoms in total. The summed E-state index contributed by atoms with van der Waals surface area (Å²) in [6.45, 7) is 4.63. The molecule has 1 N–H and O–H groups in total. The lowest BCUT2D eigenvalue weighted by Gasteiger charge is -2.13. The first-order valence-corrected chi connectivity index (χ1v) is 5.52. The fourth-order valence-corrected chi connectivity index (χ4v) is 1.58. The number of rotatable bonds is 4. The van der Waals surface area contributed by atoms with Crippen LogP contribution in [-0.4, -0.2) is 12.5 Å². The Morgan fingerprint density at radius 3 is 2.69 bits per heavy atom. The van der Waals surface area contributed by atoms with Crippen molar-refractivity contribution < 1.29 is 9.53 Å². The smallest absolute Gasteiger partial charge is 0.314 e. The molecular weight excluding hydrogens is 226 g/mol. The number of nitrogens with one attached hydrogen (secondary N) is 1. The van der Waals surface area contributed by atoms with Gasteiger partial charge >= 0.3 is 5.37 Å². The third-order valence-corrected chi connectivity index (χ3v) is 2.48. The average molecular weight is 242 g/mol. The van der Waals surface area contributed by atoms with Crippen molar-refractivity contribution in [2.75, 3.05) is 7.11 Å². The average Bonchev–Trinajstić information content (AvgIpc) is 2.25. The summed E-state index contributed by atoms with van der Waals surface area (Å²) < 4.78 is 5.27. The third kappa shape index (κ3) is 3.42. The van der Waals surface area contributed by atoms with Crippen LogP contribution in [0.25, 0.3) is 0 Å². The molecule has 16 heavy (non-hydrogen) atoms. The van der Waals surface area contributed by atoms with E-state index in [1.807, 2.05) is 18.2 Å². The number of methoxy groups -OCH3 is 1. The molecule has 88 valence electrons. The zero-order valence-electron chi connectivity index (χ0n) is 9.71. The molecule has 0 aromatic heterocycles. The summed E-state index contributed by atoms with van der Waals surface area (Å²) in [5.74, 6) is 1.25. The van der Waals surface area contributed by atoms with Crippen molar-refractivity contribution >= 4 is 17.0 Å². The molecule has 1 rings (SSSR count). The zero-order chi connectivity index (χ0) is 12.1. The van der Waals surface area contributed by atoms with E-state index in [2.05, 4.69) is 19.2 Å². The van der Waals surface area contributed by atoms with Crippen LogP contribution in [0.3, 0.4) is 0 Å². The Labute approximate surface area is 101 Å². The summed E-state index contributed by atoms with van der Waals surface area (Å²) in [4.78, 5) is 10.6. The molecule has 1 aromatic carbocycles. The van der Waals surface area contributed by atoms with E-state index in [4.69, 9.17) is 16.3 Å². The van der Waals surface area contributed by atoms with Crippen molar-refractivity contribution in [3.63, 3.8) is 0 Å². The minimum atomic E-state index is -0.540. The van der Waals surface area contributed by atoms with Crippen molar-refractivity contribution in [1.82, 2.24) is 5.32 Å². The standard InChI is InChI=1S/C12H16ClNO2/c1-8(2)10-6-9(7-14-12(13)15)4-5-11(10)16-3/h4-6,8H,7H2,1-3H3,(H,14,15). The number of carbonyl (C=O) groups is 1. The Bertz CT molecular complexity index is 377. The fraction of sp³-hybridized carbons (Fsp3) is 0.417. The van der Waals surface area contributed by atoms with Gasteiger partial charge in [0.05, 0.1) is 7.11 Å². The summed E-state index contributed by atoms with van der Waals surface area (Å²) in [5, 5.41) is 2.01. The summed E-state index contributed by atoms with van der Waals surface area (Å²) in [6, 6.07) is 5.85. The van der Waals surface area contributed by atoms with Crippen molar-refractivity contribution in [2.24, 2.45) is 0 Å². The Kier molecular flexibility index (Phi) is 4.62. The summed E-state index contributed by atoms with van der Waals surface area (Å²) >= 11 is 5.21. The molecule has 0 bridgehead atoms. The quantitative estimate of drug-likeness (QED) is 0.649. The van der Waals surface area contributed by atoms with Crippen LogP contribution in [0.2, 0.25) is 0 Å². The maximum Gasteiger partial charge on any atom is 0.314 e. The van der Waals surface area contributed by atoms with Crippen molar-refractivity contribution in [3.05, 3.63) is 29.3 Å². The first-order chi connectivity index (χ1) is 7.54. The minimum Gasteiger partial charge on any atom is -0.496 e. The van der Waals surface area contributed by atoms with Gasteiger partial charge in [0.2, 0.25) is 0 Å². The van der Waals surface area contributed by atoms with Crippen LogP contribution in [0.1, 0.15) is 30.9 Å². The number of benzene rings is 1. The fourth-order valence-electron chi connectivity index (χ4n) is 1.52. The number of amides is 1. The van der Waals surface area contributed by atoms with Gasteiger partial charge in [0.25, 0.3) is 0 Å². The molecule has 4 heteroatoms. The van der Waals surface area contributed by atoms with Crippen molar-refractivity contribution in [3.8, 4) is 5.75 Å². The van der Waals surface area contributed by atoms with E-state index < -0.39 is 5.37 Å². The largest absolute Gasteiger partial charge is 0.496 e. The van der Waals surface area contributed by atoms with Gasteiger partial charge in [-0.15, -0.1) is 0 Å². The van der Waals surface area contributed by atoms with Gasteiger partial charge in [0, 0.05) is 6.54 Å². The van der Waals surface area contributed by atoms with Crippen LogP contribution in [0.4, 0.5) is 4.79 Å². The minimum absolute atomic E-state index is 0.376. The monoisotopic (exact) mass is 241 g/mol. The Morgan fingerprint density at radius 2 is 2.19 bits per heavy atom. The number of hydrogen-bond acceptors (Lipinski definition) is 2. The second-order valence-corrected chi connectivity index (χ2v) is 4.20. The van der Waals surface area contributed by atoms with E-state index in [1.54, 1.807) is 7.11 Å². The highest BCUT2D eigenvalue weighted by Gasteiger charge is 2.08. The first-order valence-electron chi connectivity index (χ1n) is 5.14. The van der Waals surface area contributed by atoms with Gasteiger partial charge in [0.1, 0.15) is 5.75 Å². The van der Waals surface area contributed by atoms with Crippen molar-refractivity contribution in [2.45, 2.75) is 26.3 Å². The van der Waals surface area contributed by atoms with Gasteiger partial charge in [-0.25, -0.2) is 0 Å². The van der Waals surface area contributed by atoms with Crippen LogP contribution in [0, 0.1) is 0 Å². The predicted molar refractivity (Wildman–Crippen MR) is 65.2 cm³/mol. The molecule has 0 spiro atoms. The molecule has 0 aliphatic carbocycles. The van der Waals surface area contributed by atoms with E-state index in [9.17, 15) is 4.79 Å². The molecule has 0 aliphatic heterocycles. The SMILES string of the molecule is COc1ccc(CNC(=O)Cl)cc1C(C)C. The van der Waals surface area contributed by atoms with Crippen LogP contribution >= 0.6 is 11.6 Å². The van der Waals surface area contributed by atoms with E-state index in [0.29, 0.717) is 12.5 Å². The Hall–Kier alpha value is -1.22. The molecule has 0 aliphatic rings. The molecule has 1 amide bonds. The molecule has 0 fully saturated rings. The molecule has 0 unspecified atom stereocenters. The molecular formula is C12H16ClNO2. The topological polar surface area (TPSA) is 38.3 Å². The van der Waals surface area contributed by atoms with Crippen LogP contribution < -0.4 is 10.1 Å². The highest BCUT2D eigenvalue weighted by atomic mass is 35.5. The van der Waals surface area contributed by atoms with E-state index in [-0.39, 0.29) is 0 Å². The van der Waals surface area contributed by atoms with E-state index in [0.717, 1.165) is 16.9 Å². The Morgan fingerprint density at radius 1 is 1.50 bits per heavy atom. The molecule has 0 heterocycles. The van der Waals surface area contributed by atoms with Crippen molar-refractivity contribution in [1.29, 1.82) is 0 Å². The van der Waals surface area contributed by atoms with Gasteiger partial charge < -0.3 is 10.1 Å². The van der Waals surface area contributed by atoms with Crippen LogP contribution in [0.5, 0.6) is 5.75 Å². The van der Waals surface area contributed by atoms with E-state index in [1.165, 1.54) is 0 Å². The highest BCUT2D eigenvalue weighted by molar-refractivity contribution is 6.62. The second kappa shape index (κ2) is 5.75. The van der Waals surface area contributed by atoms with Gasteiger partial charge in [-0.2, -0.15) is 0 Å². The Balaban J connectivity index is 2.89. The second-order valence-electron chi connectivity index (χ2n) is 3.86. The van der Waals surface area contributed by atoms with Gasteiger partial charge in [-0.1, -0.05) is 26.0 Å². The summed E-state index contributed by atoms with van der Waals surface area (Å²) in [6.07, 6.45) is 0. The third-order valence-electron chi connectivity index (χ3n) is 2.35. The van der Waals surface area contributed by atoms with E-state index >= 15 is 0 Å². The maximum absolute atomic E-state index is 10.6. The number of hydrogen-bond donors (Lipinski definition) is 1. The molecule has 0 atom stereocenters. The number of carbonyl (C=O) groups excluding carboxylic acids is 1. The number of halogens is 1. The molecule has 1 aromatic rings. The molecule has 0 radical (unpaired) electrons. The number of ether oxygens (including phenoxy) is 1. The van der Waals surface area contributed by atoms with Crippen LogP contribution in [-0.2, 0) is 6.54 Å². The van der Waals surface area contributed by atoms with Gasteiger partial charge in [0.15, 0.2) is 0 Å². The predicted octanol–water partition coefficient (Wildman–Crippen LogP) is 3.27. The zero-order valence-corrected chi connectivity index (χ0v) is 10.5. The maximum atomic E-state index is 10.6. The lowest BCUT2D eigenvalue weighted by atomic mass is 9.99. The molecule has 0 saturated heterocycles. The van der Waals surface area contributed by atoms with Gasteiger partial charge in [-0.3, -0.25) is 4.79 Å². The van der Waals surface area contributed by atoms with Gasteiger partial charge in [-0.05, 0) is 34.7 Å². The van der Waals surface area contributed by atoms with Crippen LogP contribution in [0.15, 0.2) is 18.2 Å². The highest BCUT2D eigenvalue weighted by Crippen LogP contribution is 2.27. The lowest BCUT2D eigenvalue weighted by molar-refractivity contribution is 0.259. The summed E-state index contributed by atoms with van der Waals surface area (Å²) in [5.41, 5.74) is 2.14.